The third-order valence-corrected chi connectivity index (χ3v) is 3.50. The number of allylic oxidation sites excluding steroid dienone is 1. The van der Waals surface area contributed by atoms with Gasteiger partial charge in [-0.3, -0.25) is 4.79 Å². The van der Waals surface area contributed by atoms with E-state index in [4.69, 9.17) is 9.47 Å². The second-order valence-corrected chi connectivity index (χ2v) is 5.83. The van der Waals surface area contributed by atoms with Gasteiger partial charge in [-0.2, -0.15) is 0 Å². The third-order valence-electron chi connectivity index (χ3n) is 3.50. The average molecular weight is 305 g/mol. The molecule has 1 fully saturated rings. The molecule has 1 aromatic carbocycles. The van der Waals surface area contributed by atoms with Gasteiger partial charge in [0, 0.05) is 25.1 Å². The molecule has 1 aliphatic heterocycles. The van der Waals surface area contributed by atoms with Crippen molar-refractivity contribution in [1.82, 2.24) is 5.32 Å². The van der Waals surface area contributed by atoms with Crippen molar-refractivity contribution in [2.24, 2.45) is 0 Å². The van der Waals surface area contributed by atoms with E-state index in [-0.39, 0.29) is 19.1 Å². The molecule has 5 heteroatoms. The lowest BCUT2D eigenvalue weighted by Crippen LogP contribution is -2.43. The number of aliphatic hydroxyl groups is 1. The first kappa shape index (κ1) is 16.5. The summed E-state index contributed by atoms with van der Waals surface area (Å²) in [7, 11) is 0. The third kappa shape index (κ3) is 4.86. The van der Waals surface area contributed by atoms with Crippen molar-refractivity contribution < 1.29 is 19.4 Å². The molecule has 0 saturated carbocycles. The number of ether oxygens (including phenoxy) is 2. The quantitative estimate of drug-likeness (QED) is 0.788. The van der Waals surface area contributed by atoms with E-state index in [2.05, 4.69) is 5.32 Å². The van der Waals surface area contributed by atoms with Gasteiger partial charge in [-0.05, 0) is 38.1 Å². The van der Waals surface area contributed by atoms with Gasteiger partial charge >= 0.3 is 0 Å². The Balaban J connectivity index is 1.90. The van der Waals surface area contributed by atoms with Gasteiger partial charge in [0.1, 0.15) is 18.0 Å². The lowest BCUT2D eigenvalue weighted by molar-refractivity contribution is 0.0264. The van der Waals surface area contributed by atoms with Crippen molar-refractivity contribution in [3.05, 3.63) is 41.5 Å². The Hall–Kier alpha value is -1.85. The van der Waals surface area contributed by atoms with Crippen LogP contribution in [0.15, 0.2) is 35.9 Å². The van der Waals surface area contributed by atoms with E-state index in [1.165, 1.54) is 5.57 Å². The van der Waals surface area contributed by atoms with Gasteiger partial charge in [0.15, 0.2) is 0 Å². The number of carbonyl (C=O) groups excluding carboxylic acids is 1. The Bertz CT molecular complexity index is 543. The van der Waals surface area contributed by atoms with Crippen LogP contribution in [0, 0.1) is 0 Å². The van der Waals surface area contributed by atoms with Crippen LogP contribution in [-0.2, 0) is 4.74 Å². The summed E-state index contributed by atoms with van der Waals surface area (Å²) in [6, 6.07) is 7.01. The van der Waals surface area contributed by atoms with E-state index >= 15 is 0 Å². The second-order valence-electron chi connectivity index (χ2n) is 5.83. The summed E-state index contributed by atoms with van der Waals surface area (Å²) in [6.45, 7) is 5.47. The lowest BCUT2D eigenvalue weighted by Gasteiger charge is -2.20. The van der Waals surface area contributed by atoms with Crippen LogP contribution in [0.5, 0.6) is 5.75 Å². The highest BCUT2D eigenvalue weighted by atomic mass is 16.5. The van der Waals surface area contributed by atoms with Crippen LogP contribution in [0.3, 0.4) is 0 Å². The van der Waals surface area contributed by atoms with Crippen LogP contribution >= 0.6 is 0 Å². The van der Waals surface area contributed by atoms with Gasteiger partial charge in [0.25, 0.3) is 5.91 Å². The monoisotopic (exact) mass is 305 g/mol. The zero-order valence-electron chi connectivity index (χ0n) is 13.1. The first-order valence-electron chi connectivity index (χ1n) is 7.43. The Morgan fingerprint density at radius 2 is 2.32 bits per heavy atom. The van der Waals surface area contributed by atoms with Gasteiger partial charge in [-0.1, -0.05) is 11.6 Å². The van der Waals surface area contributed by atoms with Crippen molar-refractivity contribution in [3.63, 3.8) is 0 Å². The molecule has 0 aliphatic carbocycles. The van der Waals surface area contributed by atoms with Crippen molar-refractivity contribution in [2.45, 2.75) is 25.9 Å². The molecule has 0 spiro atoms. The van der Waals surface area contributed by atoms with E-state index in [1.807, 2.05) is 26.0 Å². The second kappa shape index (κ2) is 7.42. The Labute approximate surface area is 130 Å². The molecule has 0 aromatic heterocycles. The Kier molecular flexibility index (Phi) is 5.57. The van der Waals surface area contributed by atoms with E-state index < -0.39 is 5.60 Å². The molecular weight excluding hydrogens is 282 g/mol. The van der Waals surface area contributed by atoms with Crippen LogP contribution in [-0.4, -0.2) is 43.0 Å². The molecule has 120 valence electrons. The topological polar surface area (TPSA) is 67.8 Å². The minimum absolute atomic E-state index is 0.189. The molecule has 1 aliphatic rings. The summed E-state index contributed by atoms with van der Waals surface area (Å²) < 4.78 is 10.7. The van der Waals surface area contributed by atoms with Crippen LogP contribution in [0.4, 0.5) is 0 Å². The smallest absolute Gasteiger partial charge is 0.251 e. The highest BCUT2D eigenvalue weighted by Gasteiger charge is 2.32. The van der Waals surface area contributed by atoms with Crippen molar-refractivity contribution in [1.29, 1.82) is 0 Å². The molecule has 0 bridgehead atoms. The van der Waals surface area contributed by atoms with E-state index in [0.717, 1.165) is 0 Å². The zero-order valence-corrected chi connectivity index (χ0v) is 13.1. The number of carbonyl (C=O) groups is 1. The summed E-state index contributed by atoms with van der Waals surface area (Å²) in [5, 5.41) is 12.9. The molecule has 1 aromatic rings. The number of benzene rings is 1. The molecule has 2 N–H and O–H groups in total. The molecule has 22 heavy (non-hydrogen) atoms. The normalized spacial score (nSPS) is 20.5. The number of hydrogen-bond acceptors (Lipinski definition) is 4. The number of rotatable bonds is 6. The summed E-state index contributed by atoms with van der Waals surface area (Å²) in [5.74, 6) is 0.418. The fourth-order valence-corrected chi connectivity index (χ4v) is 2.11. The number of nitrogens with one attached hydrogen (secondary N) is 1. The summed E-state index contributed by atoms with van der Waals surface area (Å²) >= 11 is 0. The van der Waals surface area contributed by atoms with Crippen LogP contribution in [0.25, 0.3) is 0 Å². The predicted molar refractivity (Wildman–Crippen MR) is 84.1 cm³/mol. The van der Waals surface area contributed by atoms with E-state index in [0.29, 0.717) is 30.9 Å². The first-order valence-corrected chi connectivity index (χ1v) is 7.43. The molecule has 1 atom stereocenters. The van der Waals surface area contributed by atoms with Gasteiger partial charge in [-0.25, -0.2) is 0 Å². The summed E-state index contributed by atoms with van der Waals surface area (Å²) in [6.07, 6.45) is 2.52. The van der Waals surface area contributed by atoms with Crippen LogP contribution < -0.4 is 10.1 Å². The molecule has 1 amide bonds. The fraction of sp³-hybridized carbons (Fsp3) is 0.471. The molecule has 0 radical (unpaired) electrons. The standard InChI is InChI=1S/C17H23NO4/c1-13(2)6-8-22-15-5-3-4-14(10-15)16(19)18-11-17(20)7-9-21-12-17/h3-6,10,20H,7-9,11-12H2,1-2H3,(H,18,19)/t17-/m0/s1. The maximum Gasteiger partial charge on any atom is 0.251 e. The molecule has 1 heterocycles. The maximum absolute atomic E-state index is 12.1. The summed E-state index contributed by atoms with van der Waals surface area (Å²) in [5.41, 5.74) is 0.742. The zero-order chi connectivity index (χ0) is 16.0. The molecular formula is C17H23NO4. The van der Waals surface area contributed by atoms with Gasteiger partial charge < -0.3 is 19.9 Å². The Morgan fingerprint density at radius 3 is 3.00 bits per heavy atom. The first-order chi connectivity index (χ1) is 10.5. The molecule has 1 saturated heterocycles. The van der Waals surface area contributed by atoms with Gasteiger partial charge in [0.05, 0.1) is 6.61 Å². The molecule has 5 nitrogen and oxygen atoms in total. The van der Waals surface area contributed by atoms with Crippen LogP contribution in [0.2, 0.25) is 0 Å². The minimum atomic E-state index is -0.951. The summed E-state index contributed by atoms with van der Waals surface area (Å²) in [4.78, 5) is 12.1. The maximum atomic E-state index is 12.1. The Morgan fingerprint density at radius 1 is 1.50 bits per heavy atom. The predicted octanol–water partition coefficient (Wildman–Crippen LogP) is 1.91. The molecule has 2 rings (SSSR count). The van der Waals surface area contributed by atoms with E-state index in [9.17, 15) is 9.90 Å². The van der Waals surface area contributed by atoms with E-state index in [1.54, 1.807) is 18.2 Å². The fourth-order valence-electron chi connectivity index (χ4n) is 2.11. The van der Waals surface area contributed by atoms with Crippen molar-refractivity contribution in [3.8, 4) is 5.75 Å². The van der Waals surface area contributed by atoms with Gasteiger partial charge in [-0.15, -0.1) is 0 Å². The minimum Gasteiger partial charge on any atom is -0.490 e. The highest BCUT2D eigenvalue weighted by molar-refractivity contribution is 5.94. The van der Waals surface area contributed by atoms with Crippen molar-refractivity contribution in [2.75, 3.05) is 26.4 Å². The van der Waals surface area contributed by atoms with Gasteiger partial charge in [0.2, 0.25) is 0 Å². The average Bonchev–Trinajstić information content (AvgIpc) is 2.92. The number of hydrogen-bond donors (Lipinski definition) is 2. The molecule has 0 unspecified atom stereocenters. The number of amides is 1. The highest BCUT2D eigenvalue weighted by Crippen LogP contribution is 2.18. The lowest BCUT2D eigenvalue weighted by atomic mass is 10.0. The largest absolute Gasteiger partial charge is 0.490 e. The SMILES string of the molecule is CC(C)=CCOc1cccc(C(=O)NC[C@@]2(O)CCOC2)c1. The van der Waals surface area contributed by atoms with Crippen LogP contribution in [0.1, 0.15) is 30.6 Å². The van der Waals surface area contributed by atoms with Crippen molar-refractivity contribution >= 4 is 5.91 Å².